The molecule has 47 heavy (non-hydrogen) atoms. The van der Waals surface area contributed by atoms with Gasteiger partial charge in [0.1, 0.15) is 17.3 Å². The highest BCUT2D eigenvalue weighted by atomic mass is 19.4. The minimum Gasteiger partial charge on any atom is -0.444 e. The summed E-state index contributed by atoms with van der Waals surface area (Å²) in [6.45, 7) is 11.1. The predicted molar refractivity (Wildman–Crippen MR) is 168 cm³/mol. The fraction of sp³-hybridized carbons (Fsp3) is 0.531. The number of benzene rings is 1. The molecule has 12 nitrogen and oxygen atoms in total. The van der Waals surface area contributed by atoms with Gasteiger partial charge in [-0.3, -0.25) is 14.2 Å². The van der Waals surface area contributed by atoms with Gasteiger partial charge in [-0.05, 0) is 69.9 Å². The number of ether oxygens (including phenoxy) is 2. The number of alkyl halides is 3. The van der Waals surface area contributed by atoms with E-state index in [-0.39, 0.29) is 28.5 Å². The van der Waals surface area contributed by atoms with Crippen molar-refractivity contribution in [3.63, 3.8) is 0 Å². The molecule has 2 amide bonds. The van der Waals surface area contributed by atoms with Crippen LogP contribution in [0.5, 0.6) is 0 Å². The number of fused-ring (bicyclic) bond motifs is 3. The summed E-state index contributed by atoms with van der Waals surface area (Å²) in [6, 6.07) is 2.35. The number of carbonyl (C=O) groups excluding carboxylic acids is 2. The van der Waals surface area contributed by atoms with E-state index in [1.54, 1.807) is 30.2 Å². The van der Waals surface area contributed by atoms with Gasteiger partial charge in [0.05, 0.1) is 24.5 Å². The van der Waals surface area contributed by atoms with E-state index in [1.807, 2.05) is 17.9 Å². The van der Waals surface area contributed by atoms with Crippen LogP contribution in [-0.4, -0.2) is 81.1 Å². The van der Waals surface area contributed by atoms with Crippen molar-refractivity contribution >= 4 is 34.7 Å². The van der Waals surface area contributed by atoms with Gasteiger partial charge in [0.25, 0.3) is 5.56 Å². The molecule has 1 aromatic carbocycles. The molecule has 3 aromatic rings. The first kappa shape index (κ1) is 32.5. The van der Waals surface area contributed by atoms with Crippen molar-refractivity contribution in [3.05, 3.63) is 57.3 Å². The zero-order valence-electron chi connectivity index (χ0n) is 27.0. The van der Waals surface area contributed by atoms with E-state index in [2.05, 4.69) is 10.4 Å². The van der Waals surface area contributed by atoms with Gasteiger partial charge in [-0.25, -0.2) is 4.79 Å². The van der Waals surface area contributed by atoms with Gasteiger partial charge in [0, 0.05) is 37.8 Å². The van der Waals surface area contributed by atoms with Gasteiger partial charge in [0.15, 0.2) is 5.82 Å². The fourth-order valence-electron chi connectivity index (χ4n) is 6.38. The number of hydrogen-bond donors (Lipinski definition) is 1. The minimum absolute atomic E-state index is 0.206. The second-order valence-electron chi connectivity index (χ2n) is 13.2. The van der Waals surface area contributed by atoms with E-state index in [1.165, 1.54) is 17.5 Å². The average Bonchev–Trinajstić information content (AvgIpc) is 3.60. The van der Waals surface area contributed by atoms with Gasteiger partial charge in [0.2, 0.25) is 11.7 Å². The quantitative estimate of drug-likeness (QED) is 0.426. The fourth-order valence-corrected chi connectivity index (χ4v) is 6.38. The predicted octanol–water partition coefficient (Wildman–Crippen LogP) is 4.77. The maximum Gasteiger partial charge on any atom is 0.416 e. The molecule has 2 aromatic heterocycles. The number of hydrogen-bond acceptors (Lipinski definition) is 8. The van der Waals surface area contributed by atoms with Crippen LogP contribution < -0.4 is 15.8 Å². The molecular formula is C32H38F3N7O5. The Morgan fingerprint density at radius 1 is 1.11 bits per heavy atom. The van der Waals surface area contributed by atoms with Crippen molar-refractivity contribution in [2.45, 2.75) is 71.2 Å². The van der Waals surface area contributed by atoms with Crippen LogP contribution in [0.1, 0.15) is 75.1 Å². The molecule has 0 unspecified atom stereocenters. The number of aryl methyl sites for hydroxylation is 1. The molecule has 252 valence electrons. The maximum atomic E-state index is 14.2. The van der Waals surface area contributed by atoms with E-state index in [0.717, 1.165) is 17.7 Å². The Labute approximate surface area is 269 Å². The van der Waals surface area contributed by atoms with Crippen molar-refractivity contribution < 1.29 is 32.2 Å². The molecule has 0 spiro atoms. The first-order valence-corrected chi connectivity index (χ1v) is 15.7. The topological polar surface area (TPSA) is 123 Å². The van der Waals surface area contributed by atoms with Gasteiger partial charge < -0.3 is 24.6 Å². The number of halogens is 3. The summed E-state index contributed by atoms with van der Waals surface area (Å²) in [5.74, 6) is -0.125. The summed E-state index contributed by atoms with van der Waals surface area (Å²) in [6.07, 6.45) is -2.18. The highest BCUT2D eigenvalue weighted by Crippen LogP contribution is 2.42. The summed E-state index contributed by atoms with van der Waals surface area (Å²) in [7, 11) is 0. The normalized spacial score (nSPS) is 20.3. The Balaban J connectivity index is 1.39. The third-order valence-electron chi connectivity index (χ3n) is 8.67. The van der Waals surface area contributed by atoms with E-state index in [4.69, 9.17) is 14.5 Å². The summed E-state index contributed by atoms with van der Waals surface area (Å²) in [5.41, 5.74) is 0.529. The number of nitrogens with zero attached hydrogens (tertiary/aromatic N) is 6. The molecule has 1 N–H and O–H groups in total. The van der Waals surface area contributed by atoms with Crippen LogP contribution in [0.2, 0.25) is 0 Å². The zero-order chi connectivity index (χ0) is 33.8. The van der Waals surface area contributed by atoms with Crippen LogP contribution in [0.15, 0.2) is 29.1 Å². The first-order chi connectivity index (χ1) is 22.1. The largest absolute Gasteiger partial charge is 0.444 e. The molecule has 5 heterocycles. The number of nitrogens with one attached hydrogen (secondary N) is 1. The number of rotatable bonds is 4. The van der Waals surface area contributed by atoms with Crippen molar-refractivity contribution in [1.82, 2.24) is 24.1 Å². The van der Waals surface area contributed by atoms with Crippen LogP contribution in [0, 0.1) is 6.92 Å². The van der Waals surface area contributed by atoms with Crippen LogP contribution in [0.4, 0.5) is 29.3 Å². The molecular weight excluding hydrogens is 619 g/mol. The highest BCUT2D eigenvalue weighted by molar-refractivity contribution is 5.95. The third kappa shape index (κ3) is 6.32. The van der Waals surface area contributed by atoms with Crippen LogP contribution in [0.3, 0.4) is 0 Å². The lowest BCUT2D eigenvalue weighted by molar-refractivity contribution is -0.137. The summed E-state index contributed by atoms with van der Waals surface area (Å²) < 4.78 is 53.8. The minimum atomic E-state index is -4.51. The number of amides is 2. The summed E-state index contributed by atoms with van der Waals surface area (Å²) >= 11 is 0. The third-order valence-corrected chi connectivity index (χ3v) is 8.67. The van der Waals surface area contributed by atoms with Crippen molar-refractivity contribution in [2.24, 2.45) is 0 Å². The summed E-state index contributed by atoms with van der Waals surface area (Å²) in [4.78, 5) is 49.2. The van der Waals surface area contributed by atoms with Crippen LogP contribution in [-0.2, 0) is 20.4 Å². The molecule has 6 rings (SSSR count). The molecule has 3 aliphatic rings. The highest BCUT2D eigenvalue weighted by Gasteiger charge is 2.41. The first-order valence-electron chi connectivity index (χ1n) is 15.7. The Kier molecular flexibility index (Phi) is 8.31. The molecule has 0 aliphatic carbocycles. The average molecular weight is 658 g/mol. The number of carbonyl (C=O) groups is 2. The maximum absolute atomic E-state index is 14.2. The Morgan fingerprint density at radius 2 is 1.83 bits per heavy atom. The standard InChI is InChI=1S/C32H38F3N7O5/c1-18-16-21(32(33,34)35)6-7-22(18)36-27(43)23-17-19(2)24-25(39-10-12-40(13-11-39)30(45)47-31(3,4)5)28(44)42-29(41(23)24)37-26(38-42)20-8-14-46-15-9-20/h6-8,16,19,23H,9-15,17H2,1-5H3,(H,36,43)/t19-,23+/m0/s1. The number of piperazine rings is 1. The molecule has 1 fully saturated rings. The van der Waals surface area contributed by atoms with Gasteiger partial charge >= 0.3 is 12.3 Å². The molecule has 0 bridgehead atoms. The van der Waals surface area contributed by atoms with Crippen LogP contribution >= 0.6 is 0 Å². The second-order valence-corrected chi connectivity index (χ2v) is 13.2. The van der Waals surface area contributed by atoms with E-state index >= 15 is 0 Å². The van der Waals surface area contributed by atoms with Gasteiger partial charge in [-0.2, -0.15) is 22.7 Å². The lowest BCUT2D eigenvalue weighted by Gasteiger charge is -2.37. The summed E-state index contributed by atoms with van der Waals surface area (Å²) in [5, 5.41) is 7.42. The zero-order valence-corrected chi connectivity index (χ0v) is 27.0. The lowest BCUT2D eigenvalue weighted by Crippen LogP contribution is -2.51. The van der Waals surface area contributed by atoms with Gasteiger partial charge in [-0.1, -0.05) is 13.0 Å². The lowest BCUT2D eigenvalue weighted by atomic mass is 10.0. The second kappa shape index (κ2) is 12.0. The molecule has 2 atom stereocenters. The van der Waals surface area contributed by atoms with Crippen molar-refractivity contribution in [1.29, 1.82) is 0 Å². The Morgan fingerprint density at radius 3 is 2.45 bits per heavy atom. The molecule has 0 saturated carbocycles. The van der Waals surface area contributed by atoms with Crippen LogP contribution in [0.25, 0.3) is 11.4 Å². The molecule has 3 aliphatic heterocycles. The molecule has 1 saturated heterocycles. The monoisotopic (exact) mass is 657 g/mol. The number of aromatic nitrogens is 4. The molecule has 0 radical (unpaired) electrons. The SMILES string of the molecule is Cc1cc(C(F)(F)F)ccc1NC(=O)[C@H]1C[C@H](C)c2c(N3CCN(C(=O)OC(C)(C)C)CC3)c(=O)n3nc(C4=CCOCC4)nc3n21. The molecule has 15 heteroatoms. The van der Waals surface area contributed by atoms with Gasteiger partial charge in [-0.15, -0.1) is 5.10 Å². The Hall–Kier alpha value is -4.40. The smallest absolute Gasteiger partial charge is 0.416 e. The number of anilines is 2. The van der Waals surface area contributed by atoms with Crippen molar-refractivity contribution in [3.8, 4) is 0 Å². The Bertz CT molecular complexity index is 1820. The van der Waals surface area contributed by atoms with Crippen molar-refractivity contribution in [2.75, 3.05) is 49.6 Å². The van der Waals surface area contributed by atoms with E-state index < -0.39 is 35.4 Å². The van der Waals surface area contributed by atoms with E-state index in [0.29, 0.717) is 69.4 Å². The van der Waals surface area contributed by atoms with E-state index in [9.17, 15) is 27.6 Å².